The van der Waals surface area contributed by atoms with Crippen LogP contribution in [0.15, 0.2) is 12.7 Å². The lowest BCUT2D eigenvalue weighted by atomic mass is 10.4. The molecule has 0 fully saturated rings. The average Bonchev–Trinajstić information content (AvgIpc) is 2.62. The maximum atomic E-state index is 4.11. The van der Waals surface area contributed by atoms with E-state index in [2.05, 4.69) is 25.3 Å². The van der Waals surface area contributed by atoms with E-state index in [1.165, 1.54) is 6.33 Å². The molecule has 0 saturated heterocycles. The molecule has 0 unspecified atom stereocenters. The lowest BCUT2D eigenvalue weighted by molar-refractivity contribution is 1.13. The monoisotopic (exact) mass is 176 g/mol. The summed E-state index contributed by atoms with van der Waals surface area (Å²) in [6, 6.07) is 0. The fraction of sp³-hybridized carbons (Fsp3) is 0.250. The highest BCUT2D eigenvalue weighted by molar-refractivity contribution is 5.81. The summed E-state index contributed by atoms with van der Waals surface area (Å²) in [4.78, 5) is 15.2. The van der Waals surface area contributed by atoms with E-state index in [-0.39, 0.29) is 0 Å². The normalized spacial score (nSPS) is 10.5. The number of nitrogens with one attached hydrogen (secondary N) is 2. The molecule has 5 heteroatoms. The van der Waals surface area contributed by atoms with E-state index in [1.807, 2.05) is 13.3 Å². The molecule has 0 saturated carbocycles. The molecule has 0 atom stereocenters. The fourth-order valence-electron chi connectivity index (χ4n) is 1.09. The summed E-state index contributed by atoms with van der Waals surface area (Å²) in [7, 11) is 0. The Balaban J connectivity index is 2.37. The van der Waals surface area contributed by atoms with E-state index in [9.17, 15) is 0 Å². The zero-order chi connectivity index (χ0) is 9.10. The summed E-state index contributed by atoms with van der Waals surface area (Å²) in [6.07, 6.45) is 5.14. The topological polar surface area (TPSA) is 66.5 Å². The summed E-state index contributed by atoms with van der Waals surface area (Å²) in [5.41, 5.74) is 1.54. The Morgan fingerprint density at radius 3 is 3.23 bits per heavy atom. The molecule has 5 nitrogen and oxygen atoms in total. The predicted molar refractivity (Wildman–Crippen MR) is 50.1 cm³/mol. The first-order valence-electron chi connectivity index (χ1n) is 4.07. The van der Waals surface area contributed by atoms with Gasteiger partial charge in [0.1, 0.15) is 11.8 Å². The van der Waals surface area contributed by atoms with Gasteiger partial charge in [-0.05, 0) is 6.42 Å². The van der Waals surface area contributed by atoms with Crippen molar-refractivity contribution in [1.29, 1.82) is 0 Å². The highest BCUT2D eigenvalue weighted by Gasteiger charge is 2.03. The Morgan fingerprint density at radius 1 is 1.46 bits per heavy atom. The van der Waals surface area contributed by atoms with Crippen LogP contribution in [0.3, 0.4) is 0 Å². The molecule has 0 aliphatic heterocycles. The smallest absolute Gasteiger partial charge is 0.162 e. The van der Waals surface area contributed by atoms with Crippen molar-refractivity contribution in [1.82, 2.24) is 19.9 Å². The van der Waals surface area contributed by atoms with Crippen molar-refractivity contribution in [3.05, 3.63) is 19.1 Å². The molecule has 67 valence electrons. The molecule has 0 aromatic carbocycles. The molecular formula is C8H10N5. The Morgan fingerprint density at radius 2 is 2.38 bits per heavy atom. The SMILES string of the molecule is C[CH]CNc1ncnc2[nH]cnc12. The number of rotatable bonds is 3. The van der Waals surface area contributed by atoms with Gasteiger partial charge in [0.15, 0.2) is 11.5 Å². The average molecular weight is 176 g/mol. The number of imidazole rings is 1. The van der Waals surface area contributed by atoms with Crippen LogP contribution < -0.4 is 5.32 Å². The zero-order valence-electron chi connectivity index (χ0n) is 7.28. The second kappa shape index (κ2) is 3.38. The summed E-state index contributed by atoms with van der Waals surface area (Å²) < 4.78 is 0. The van der Waals surface area contributed by atoms with Crippen molar-refractivity contribution < 1.29 is 0 Å². The standard InChI is InChI=1S/C8H10N5/c1-2-3-9-7-6-8(11-4-10-6)13-5-12-7/h2,4-5H,3H2,1H3,(H2,9,10,11,12,13). The van der Waals surface area contributed by atoms with E-state index in [1.54, 1.807) is 6.33 Å². The van der Waals surface area contributed by atoms with Gasteiger partial charge in [0.2, 0.25) is 0 Å². The van der Waals surface area contributed by atoms with Crippen LogP contribution in [0.1, 0.15) is 6.92 Å². The third-order valence-corrected chi connectivity index (χ3v) is 1.69. The van der Waals surface area contributed by atoms with E-state index >= 15 is 0 Å². The predicted octanol–water partition coefficient (Wildman–Crippen LogP) is 0.989. The Bertz CT molecular complexity index is 394. The van der Waals surface area contributed by atoms with Crippen LogP contribution in [0.4, 0.5) is 5.82 Å². The summed E-state index contributed by atoms with van der Waals surface area (Å²) in [6.45, 7) is 2.76. The Labute approximate surface area is 75.6 Å². The van der Waals surface area contributed by atoms with E-state index in [0.29, 0.717) is 0 Å². The summed E-state index contributed by atoms with van der Waals surface area (Å²) in [5.74, 6) is 0.768. The molecule has 0 amide bonds. The van der Waals surface area contributed by atoms with Crippen molar-refractivity contribution in [3.8, 4) is 0 Å². The largest absolute Gasteiger partial charge is 0.368 e. The summed E-state index contributed by atoms with van der Waals surface area (Å²) in [5, 5.41) is 3.13. The van der Waals surface area contributed by atoms with Crippen LogP contribution in [-0.4, -0.2) is 26.5 Å². The highest BCUT2D eigenvalue weighted by Crippen LogP contribution is 2.13. The number of anilines is 1. The fourth-order valence-corrected chi connectivity index (χ4v) is 1.09. The van der Waals surface area contributed by atoms with Gasteiger partial charge in [0.05, 0.1) is 6.33 Å². The van der Waals surface area contributed by atoms with Gasteiger partial charge in [-0.25, -0.2) is 15.0 Å². The first kappa shape index (κ1) is 7.97. The first-order valence-corrected chi connectivity index (χ1v) is 4.07. The van der Waals surface area contributed by atoms with Gasteiger partial charge in [0.25, 0.3) is 0 Å². The maximum absolute atomic E-state index is 4.11. The molecule has 0 bridgehead atoms. The second-order valence-electron chi connectivity index (χ2n) is 2.61. The highest BCUT2D eigenvalue weighted by atomic mass is 15.1. The molecule has 0 spiro atoms. The van der Waals surface area contributed by atoms with Crippen molar-refractivity contribution in [3.63, 3.8) is 0 Å². The van der Waals surface area contributed by atoms with Gasteiger partial charge in [0, 0.05) is 6.54 Å². The quantitative estimate of drug-likeness (QED) is 0.731. The van der Waals surface area contributed by atoms with Gasteiger partial charge in [-0.3, -0.25) is 0 Å². The molecule has 13 heavy (non-hydrogen) atoms. The van der Waals surface area contributed by atoms with Crippen LogP contribution >= 0.6 is 0 Å². The maximum Gasteiger partial charge on any atom is 0.162 e. The van der Waals surface area contributed by atoms with E-state index in [0.717, 1.165) is 23.5 Å². The number of fused-ring (bicyclic) bond motifs is 1. The molecular weight excluding hydrogens is 166 g/mol. The lowest BCUT2D eigenvalue weighted by Crippen LogP contribution is -2.03. The van der Waals surface area contributed by atoms with E-state index in [4.69, 9.17) is 0 Å². The minimum Gasteiger partial charge on any atom is -0.368 e. The number of aromatic nitrogens is 4. The van der Waals surface area contributed by atoms with Gasteiger partial charge in [-0.1, -0.05) is 6.92 Å². The molecule has 2 aromatic rings. The van der Waals surface area contributed by atoms with Gasteiger partial charge in [-0.15, -0.1) is 0 Å². The van der Waals surface area contributed by atoms with Crippen LogP contribution in [0, 0.1) is 6.42 Å². The van der Waals surface area contributed by atoms with E-state index < -0.39 is 0 Å². The first-order chi connectivity index (χ1) is 6.42. The van der Waals surface area contributed by atoms with Gasteiger partial charge >= 0.3 is 0 Å². The molecule has 2 N–H and O–H groups in total. The van der Waals surface area contributed by atoms with Crippen molar-refractivity contribution in [2.75, 3.05) is 11.9 Å². The molecule has 0 aliphatic carbocycles. The molecule has 2 aromatic heterocycles. The van der Waals surface area contributed by atoms with Gasteiger partial charge < -0.3 is 10.3 Å². The molecule has 2 heterocycles. The van der Waals surface area contributed by atoms with Crippen molar-refractivity contribution >= 4 is 17.0 Å². The number of hydrogen-bond acceptors (Lipinski definition) is 4. The number of aromatic amines is 1. The molecule has 1 radical (unpaired) electrons. The van der Waals surface area contributed by atoms with Crippen LogP contribution in [0.25, 0.3) is 11.2 Å². The van der Waals surface area contributed by atoms with Crippen LogP contribution in [0.2, 0.25) is 0 Å². The Hall–Kier alpha value is -1.65. The number of hydrogen-bond donors (Lipinski definition) is 2. The van der Waals surface area contributed by atoms with Crippen molar-refractivity contribution in [2.24, 2.45) is 0 Å². The number of nitrogens with zero attached hydrogens (tertiary/aromatic N) is 3. The second-order valence-corrected chi connectivity index (χ2v) is 2.61. The third-order valence-electron chi connectivity index (χ3n) is 1.69. The summed E-state index contributed by atoms with van der Waals surface area (Å²) >= 11 is 0. The minimum atomic E-state index is 0.758. The van der Waals surface area contributed by atoms with Gasteiger partial charge in [-0.2, -0.15) is 0 Å². The number of H-pyrrole nitrogens is 1. The molecule has 0 aliphatic rings. The Kier molecular flexibility index (Phi) is 2.08. The lowest BCUT2D eigenvalue weighted by Gasteiger charge is -2.01. The zero-order valence-corrected chi connectivity index (χ0v) is 7.28. The third kappa shape index (κ3) is 1.44. The van der Waals surface area contributed by atoms with Crippen molar-refractivity contribution in [2.45, 2.75) is 6.92 Å². The molecule has 2 rings (SSSR count). The van der Waals surface area contributed by atoms with Crippen LogP contribution in [-0.2, 0) is 0 Å². The van der Waals surface area contributed by atoms with Crippen LogP contribution in [0.5, 0.6) is 0 Å². The minimum absolute atomic E-state index is 0.758.